The molecule has 0 aliphatic heterocycles. The Morgan fingerprint density at radius 3 is 2.65 bits per heavy atom. The highest BCUT2D eigenvalue weighted by atomic mass is 35.5. The van der Waals surface area contributed by atoms with Gasteiger partial charge in [0.1, 0.15) is 17.6 Å². The molecular weight excluding hydrogens is 421 g/mol. The molecule has 6 nitrogen and oxygen atoms in total. The van der Waals surface area contributed by atoms with E-state index in [1.54, 1.807) is 6.07 Å². The number of nitrogens with two attached hydrogens (primary N) is 1. The molecule has 1 atom stereocenters. The van der Waals surface area contributed by atoms with Crippen molar-refractivity contribution in [2.75, 3.05) is 13.7 Å². The lowest BCUT2D eigenvalue weighted by atomic mass is 9.90. The van der Waals surface area contributed by atoms with Crippen LogP contribution in [-0.2, 0) is 10.2 Å². The van der Waals surface area contributed by atoms with Gasteiger partial charge in [-0.05, 0) is 49.6 Å². The Morgan fingerprint density at radius 1 is 1.35 bits per heavy atom. The van der Waals surface area contributed by atoms with Crippen molar-refractivity contribution < 1.29 is 18.7 Å². The molecule has 31 heavy (non-hydrogen) atoms. The molecule has 0 bridgehead atoms. The molecular formula is C23H23ClFN3O3. The van der Waals surface area contributed by atoms with E-state index in [1.165, 1.54) is 31.4 Å². The smallest absolute Gasteiger partial charge is 0.218 e. The summed E-state index contributed by atoms with van der Waals surface area (Å²) >= 11 is 6.22. The first-order chi connectivity index (χ1) is 14.7. The largest absolute Gasteiger partial charge is 0.495 e. The number of ether oxygens (including phenoxy) is 1. The fourth-order valence-corrected chi connectivity index (χ4v) is 3.91. The molecule has 1 amide bonds. The van der Waals surface area contributed by atoms with E-state index in [1.807, 2.05) is 13.0 Å². The average Bonchev–Trinajstić information content (AvgIpc) is 3.52. The van der Waals surface area contributed by atoms with Crippen LogP contribution in [-0.4, -0.2) is 31.4 Å². The number of nitrogens with zero attached hydrogens (tertiary/aromatic N) is 1. The predicted molar refractivity (Wildman–Crippen MR) is 115 cm³/mol. The first kappa shape index (κ1) is 22.7. The van der Waals surface area contributed by atoms with Crippen LogP contribution < -0.4 is 15.8 Å². The van der Waals surface area contributed by atoms with Gasteiger partial charge in [-0.15, -0.1) is 0 Å². The summed E-state index contributed by atoms with van der Waals surface area (Å²) in [6.45, 7) is 2.30. The Balaban J connectivity index is 1.92. The third-order valence-corrected chi connectivity index (χ3v) is 5.94. The lowest BCUT2D eigenvalue weighted by molar-refractivity contribution is -0.118. The van der Waals surface area contributed by atoms with Crippen molar-refractivity contribution in [1.29, 1.82) is 5.26 Å². The minimum Gasteiger partial charge on any atom is -0.495 e. The van der Waals surface area contributed by atoms with Crippen LogP contribution in [0.5, 0.6) is 5.75 Å². The van der Waals surface area contributed by atoms with Crippen molar-refractivity contribution in [3.8, 4) is 11.8 Å². The number of benzene rings is 2. The number of halogens is 2. The third kappa shape index (κ3) is 4.71. The number of hydrogen-bond acceptors (Lipinski definition) is 5. The SMILES string of the molecule is COc1cc(C(=O)c2c(Cl)ccc(C3(CN[C@@H](C)CC(N)=O)CC3)c2F)ccc1C#N. The van der Waals surface area contributed by atoms with Gasteiger partial charge in [0.25, 0.3) is 0 Å². The number of methoxy groups -OCH3 is 1. The van der Waals surface area contributed by atoms with E-state index in [0.29, 0.717) is 12.1 Å². The highest BCUT2D eigenvalue weighted by molar-refractivity contribution is 6.35. The first-order valence-electron chi connectivity index (χ1n) is 9.85. The zero-order valence-electron chi connectivity index (χ0n) is 17.3. The number of rotatable bonds is 9. The Labute approximate surface area is 185 Å². The lowest BCUT2D eigenvalue weighted by Crippen LogP contribution is -2.37. The van der Waals surface area contributed by atoms with Gasteiger partial charge in [0.05, 0.1) is 23.3 Å². The fraction of sp³-hybridized carbons (Fsp3) is 0.348. The number of carbonyl (C=O) groups excluding carboxylic acids is 2. The summed E-state index contributed by atoms with van der Waals surface area (Å²) in [5.41, 5.74) is 5.42. The summed E-state index contributed by atoms with van der Waals surface area (Å²) in [5, 5.41) is 12.4. The molecule has 0 radical (unpaired) electrons. The van der Waals surface area contributed by atoms with Crippen molar-refractivity contribution in [3.05, 3.63) is 63.4 Å². The molecule has 1 aliphatic rings. The molecule has 3 N–H and O–H groups in total. The number of hydrogen-bond donors (Lipinski definition) is 2. The quantitative estimate of drug-likeness (QED) is 0.577. The highest BCUT2D eigenvalue weighted by Gasteiger charge is 2.46. The maximum absolute atomic E-state index is 15.6. The molecule has 0 aromatic heterocycles. The lowest BCUT2D eigenvalue weighted by Gasteiger charge is -2.22. The van der Waals surface area contributed by atoms with Crippen LogP contribution in [0.4, 0.5) is 4.39 Å². The van der Waals surface area contributed by atoms with Gasteiger partial charge in [-0.1, -0.05) is 17.7 Å². The van der Waals surface area contributed by atoms with Crippen LogP contribution in [0.3, 0.4) is 0 Å². The number of amides is 1. The van der Waals surface area contributed by atoms with E-state index < -0.39 is 22.9 Å². The van der Waals surface area contributed by atoms with Gasteiger partial charge in [0, 0.05) is 30.0 Å². The maximum Gasteiger partial charge on any atom is 0.218 e. The van der Waals surface area contributed by atoms with Crippen molar-refractivity contribution in [2.24, 2.45) is 5.73 Å². The summed E-state index contributed by atoms with van der Waals surface area (Å²) in [7, 11) is 1.39. The van der Waals surface area contributed by atoms with Crippen LogP contribution in [0.15, 0.2) is 30.3 Å². The van der Waals surface area contributed by atoms with Gasteiger partial charge < -0.3 is 15.8 Å². The highest BCUT2D eigenvalue weighted by Crippen LogP contribution is 2.49. The molecule has 2 aromatic rings. The normalized spacial score (nSPS) is 15.1. The van der Waals surface area contributed by atoms with Crippen LogP contribution in [0.1, 0.15) is 53.2 Å². The topological polar surface area (TPSA) is 105 Å². The average molecular weight is 444 g/mol. The van der Waals surface area contributed by atoms with Gasteiger partial charge in [0.2, 0.25) is 5.91 Å². The number of ketones is 1. The first-order valence-corrected chi connectivity index (χ1v) is 10.2. The summed E-state index contributed by atoms with van der Waals surface area (Å²) in [5.74, 6) is -1.42. The number of nitrogens with one attached hydrogen (secondary N) is 1. The minimum absolute atomic E-state index is 0.0143. The molecule has 0 saturated heterocycles. The second-order valence-corrected chi connectivity index (χ2v) is 8.28. The van der Waals surface area contributed by atoms with Crippen LogP contribution in [0.2, 0.25) is 5.02 Å². The Hall–Kier alpha value is -2.95. The standard InChI is InChI=1S/C23H23ClFN3O3/c1-13(9-19(27)29)28-12-23(7-8-23)16-5-6-17(24)20(21(16)25)22(30)14-3-4-15(11-26)18(10-14)31-2/h3-6,10,13,28H,7-9,12H2,1-2H3,(H2,27,29)/t13-/m0/s1. The summed E-state index contributed by atoms with van der Waals surface area (Å²) < 4.78 is 20.7. The van der Waals surface area contributed by atoms with Crippen molar-refractivity contribution in [1.82, 2.24) is 5.32 Å². The Morgan fingerprint density at radius 2 is 2.06 bits per heavy atom. The molecule has 2 aromatic carbocycles. The molecule has 1 aliphatic carbocycles. The molecule has 1 saturated carbocycles. The van der Waals surface area contributed by atoms with E-state index in [-0.39, 0.29) is 39.9 Å². The third-order valence-electron chi connectivity index (χ3n) is 5.62. The predicted octanol–water partition coefficient (Wildman–Crippen LogP) is 3.48. The van der Waals surface area contributed by atoms with E-state index in [9.17, 15) is 9.59 Å². The molecule has 3 rings (SSSR count). The van der Waals surface area contributed by atoms with E-state index in [2.05, 4.69) is 5.32 Å². The van der Waals surface area contributed by atoms with Crippen molar-refractivity contribution >= 4 is 23.3 Å². The van der Waals surface area contributed by atoms with Gasteiger partial charge in [-0.25, -0.2) is 4.39 Å². The fourth-order valence-electron chi connectivity index (χ4n) is 3.68. The maximum atomic E-state index is 15.6. The van der Waals surface area contributed by atoms with Crippen LogP contribution in [0.25, 0.3) is 0 Å². The Kier molecular flexibility index (Phi) is 6.63. The van der Waals surface area contributed by atoms with Gasteiger partial charge >= 0.3 is 0 Å². The molecule has 162 valence electrons. The monoisotopic (exact) mass is 443 g/mol. The molecule has 0 unspecified atom stereocenters. The van der Waals surface area contributed by atoms with Gasteiger partial charge in [-0.2, -0.15) is 5.26 Å². The van der Waals surface area contributed by atoms with Crippen LogP contribution >= 0.6 is 11.6 Å². The zero-order valence-corrected chi connectivity index (χ0v) is 18.1. The molecule has 0 spiro atoms. The molecule has 8 heteroatoms. The van der Waals surface area contributed by atoms with Gasteiger partial charge in [-0.3, -0.25) is 9.59 Å². The van der Waals surface area contributed by atoms with Crippen molar-refractivity contribution in [3.63, 3.8) is 0 Å². The van der Waals surface area contributed by atoms with E-state index in [0.717, 1.165) is 12.8 Å². The second kappa shape index (κ2) is 9.04. The van der Waals surface area contributed by atoms with E-state index >= 15 is 4.39 Å². The summed E-state index contributed by atoms with van der Waals surface area (Å²) in [6.07, 6.45) is 1.68. The molecule has 0 heterocycles. The Bertz CT molecular complexity index is 1080. The number of primary amides is 1. The summed E-state index contributed by atoms with van der Waals surface area (Å²) in [6, 6.07) is 9.28. The number of carbonyl (C=O) groups is 2. The second-order valence-electron chi connectivity index (χ2n) is 7.87. The van der Waals surface area contributed by atoms with Crippen LogP contribution in [0, 0.1) is 17.1 Å². The van der Waals surface area contributed by atoms with E-state index in [4.69, 9.17) is 27.3 Å². The minimum atomic E-state index is -0.650. The van der Waals surface area contributed by atoms with Gasteiger partial charge in [0.15, 0.2) is 5.78 Å². The van der Waals surface area contributed by atoms with Crippen molar-refractivity contribution in [2.45, 2.75) is 37.6 Å². The summed E-state index contributed by atoms with van der Waals surface area (Å²) in [4.78, 5) is 24.2. The zero-order chi connectivity index (χ0) is 22.8. The molecule has 1 fully saturated rings. The number of nitriles is 1.